The third kappa shape index (κ3) is 4.35. The highest BCUT2D eigenvalue weighted by atomic mass is 35.5. The van der Waals surface area contributed by atoms with Gasteiger partial charge in [-0.25, -0.2) is 8.42 Å². The molecule has 6 heteroatoms. The molecule has 0 saturated carbocycles. The number of rotatable bonds is 5. The Labute approximate surface area is 130 Å². The first-order valence-corrected chi connectivity index (χ1v) is 9.29. The van der Waals surface area contributed by atoms with Gasteiger partial charge in [0.05, 0.1) is 11.5 Å². The smallest absolute Gasteiger partial charge is 0.150 e. The lowest BCUT2D eigenvalue weighted by molar-refractivity contribution is 0.424. The number of nitrogens with one attached hydrogen (secondary N) is 1. The molecule has 0 aliphatic carbocycles. The summed E-state index contributed by atoms with van der Waals surface area (Å²) in [6, 6.07) is 5.73. The van der Waals surface area contributed by atoms with E-state index in [2.05, 4.69) is 5.32 Å². The van der Waals surface area contributed by atoms with Gasteiger partial charge in [0.1, 0.15) is 0 Å². The van der Waals surface area contributed by atoms with Crippen LogP contribution in [0.5, 0.6) is 0 Å². The van der Waals surface area contributed by atoms with Crippen molar-refractivity contribution in [1.82, 2.24) is 5.32 Å². The van der Waals surface area contributed by atoms with E-state index in [9.17, 15) is 8.42 Å². The first-order valence-electron chi connectivity index (χ1n) is 6.71. The predicted octanol–water partition coefficient (Wildman–Crippen LogP) is 2.95. The van der Waals surface area contributed by atoms with Crippen molar-refractivity contribution in [3.05, 3.63) is 33.8 Å². The summed E-state index contributed by atoms with van der Waals surface area (Å²) in [4.78, 5) is 0. The van der Waals surface area contributed by atoms with Crippen molar-refractivity contribution < 1.29 is 8.42 Å². The van der Waals surface area contributed by atoms with E-state index < -0.39 is 9.84 Å². The van der Waals surface area contributed by atoms with Crippen LogP contribution in [0.4, 0.5) is 0 Å². The molecule has 1 aromatic carbocycles. The molecular weight excluding hydrogens is 317 g/mol. The van der Waals surface area contributed by atoms with Crippen LogP contribution in [0.25, 0.3) is 0 Å². The van der Waals surface area contributed by atoms with Crippen molar-refractivity contribution in [3.8, 4) is 0 Å². The number of sulfone groups is 1. The maximum atomic E-state index is 11.5. The Kier molecular flexibility index (Phi) is 5.35. The molecular formula is C14H19Cl2NO2S. The summed E-state index contributed by atoms with van der Waals surface area (Å²) in [7, 11) is -0.907. The fourth-order valence-corrected chi connectivity index (χ4v) is 5.08. The molecule has 20 heavy (non-hydrogen) atoms. The number of benzene rings is 1. The maximum Gasteiger partial charge on any atom is 0.150 e. The van der Waals surface area contributed by atoms with E-state index in [1.54, 1.807) is 6.07 Å². The quantitative estimate of drug-likeness (QED) is 0.899. The van der Waals surface area contributed by atoms with Crippen molar-refractivity contribution in [3.63, 3.8) is 0 Å². The van der Waals surface area contributed by atoms with E-state index in [0.717, 1.165) is 24.8 Å². The average Bonchev–Trinajstić information content (AvgIpc) is 2.71. The van der Waals surface area contributed by atoms with Gasteiger partial charge in [-0.15, -0.1) is 0 Å². The van der Waals surface area contributed by atoms with Gasteiger partial charge in [0.2, 0.25) is 0 Å². The normalized spacial score (nSPS) is 22.9. The molecule has 0 radical (unpaired) electrons. The first-order chi connectivity index (χ1) is 9.39. The molecule has 1 N–H and O–H groups in total. The van der Waals surface area contributed by atoms with Crippen molar-refractivity contribution in [2.24, 2.45) is 5.92 Å². The second-order valence-electron chi connectivity index (χ2n) is 5.43. The summed E-state index contributed by atoms with van der Waals surface area (Å²) in [6.07, 6.45) is 2.41. The van der Waals surface area contributed by atoms with Gasteiger partial charge in [0.15, 0.2) is 9.84 Å². The summed E-state index contributed by atoms with van der Waals surface area (Å²) in [5.41, 5.74) is 1.04. The molecule has 1 aromatic rings. The highest BCUT2D eigenvalue weighted by Gasteiger charge is 2.29. The summed E-state index contributed by atoms with van der Waals surface area (Å²) in [5.74, 6) is 0.901. The number of hydrogen-bond donors (Lipinski definition) is 1. The summed E-state index contributed by atoms with van der Waals surface area (Å²) in [6.45, 7) is 0. The molecule has 112 valence electrons. The van der Waals surface area contributed by atoms with E-state index in [-0.39, 0.29) is 12.0 Å². The van der Waals surface area contributed by atoms with Gasteiger partial charge in [-0.2, -0.15) is 0 Å². The zero-order chi connectivity index (χ0) is 14.8. The summed E-state index contributed by atoms with van der Waals surface area (Å²) < 4.78 is 23.0. The van der Waals surface area contributed by atoms with E-state index in [0.29, 0.717) is 21.6 Å². The van der Waals surface area contributed by atoms with Gasteiger partial charge in [-0.3, -0.25) is 0 Å². The minimum Gasteiger partial charge on any atom is -0.317 e. The van der Waals surface area contributed by atoms with Crippen LogP contribution in [0.3, 0.4) is 0 Å². The lowest BCUT2D eigenvalue weighted by atomic mass is 9.95. The van der Waals surface area contributed by atoms with Crippen LogP contribution in [0.1, 0.15) is 18.4 Å². The van der Waals surface area contributed by atoms with Gasteiger partial charge in [-0.1, -0.05) is 29.3 Å². The van der Waals surface area contributed by atoms with E-state index >= 15 is 0 Å². The SMILES string of the molecule is CNC(Cc1ccc(Cl)cc1Cl)CC1CCS(=O)(=O)C1. The van der Waals surface area contributed by atoms with Gasteiger partial charge in [0, 0.05) is 16.1 Å². The van der Waals surface area contributed by atoms with E-state index in [1.165, 1.54) is 0 Å². The van der Waals surface area contributed by atoms with Gasteiger partial charge >= 0.3 is 0 Å². The molecule has 1 aliphatic heterocycles. The molecule has 2 rings (SSSR count). The standard InChI is InChI=1S/C14H19Cl2NO2S/c1-17-13(6-10-4-5-20(18,19)9-10)7-11-2-3-12(15)8-14(11)16/h2-3,8,10,13,17H,4-7,9H2,1H3. The molecule has 2 unspecified atom stereocenters. The summed E-state index contributed by atoms with van der Waals surface area (Å²) >= 11 is 12.1. The Morgan fingerprint density at radius 1 is 1.40 bits per heavy atom. The van der Waals surface area contributed by atoms with Crippen LogP contribution in [0.2, 0.25) is 10.0 Å². The van der Waals surface area contributed by atoms with Crippen molar-refractivity contribution in [1.29, 1.82) is 0 Å². The molecule has 1 saturated heterocycles. The lowest BCUT2D eigenvalue weighted by Crippen LogP contribution is -2.30. The molecule has 1 fully saturated rings. The number of likely N-dealkylation sites (N-methyl/N-ethyl adjacent to an activating group) is 1. The monoisotopic (exact) mass is 335 g/mol. The average molecular weight is 336 g/mol. The Bertz CT molecular complexity index is 575. The molecule has 1 heterocycles. The molecule has 0 aromatic heterocycles. The third-order valence-corrected chi connectivity index (χ3v) is 6.26. The molecule has 0 spiro atoms. The van der Waals surface area contributed by atoms with Crippen LogP contribution >= 0.6 is 23.2 Å². The molecule has 3 nitrogen and oxygen atoms in total. The maximum absolute atomic E-state index is 11.5. The van der Waals surface area contributed by atoms with Crippen LogP contribution in [0.15, 0.2) is 18.2 Å². The zero-order valence-electron chi connectivity index (χ0n) is 11.4. The Morgan fingerprint density at radius 2 is 2.15 bits per heavy atom. The zero-order valence-corrected chi connectivity index (χ0v) is 13.7. The highest BCUT2D eigenvalue weighted by molar-refractivity contribution is 7.91. The second kappa shape index (κ2) is 6.65. The van der Waals surface area contributed by atoms with Crippen LogP contribution < -0.4 is 5.32 Å². The van der Waals surface area contributed by atoms with Crippen LogP contribution in [-0.2, 0) is 16.3 Å². The fraction of sp³-hybridized carbons (Fsp3) is 0.571. The van der Waals surface area contributed by atoms with Crippen molar-refractivity contribution >= 4 is 33.0 Å². The van der Waals surface area contributed by atoms with Crippen LogP contribution in [0, 0.1) is 5.92 Å². The topological polar surface area (TPSA) is 46.2 Å². The molecule has 2 atom stereocenters. The number of halogens is 2. The largest absolute Gasteiger partial charge is 0.317 e. The van der Waals surface area contributed by atoms with Crippen molar-refractivity contribution in [2.45, 2.75) is 25.3 Å². The fourth-order valence-electron chi connectivity index (χ4n) is 2.72. The van der Waals surface area contributed by atoms with Crippen LogP contribution in [-0.4, -0.2) is 33.0 Å². The lowest BCUT2D eigenvalue weighted by Gasteiger charge is -2.20. The highest BCUT2D eigenvalue weighted by Crippen LogP contribution is 2.26. The second-order valence-corrected chi connectivity index (χ2v) is 8.50. The predicted molar refractivity (Wildman–Crippen MR) is 84.4 cm³/mol. The van der Waals surface area contributed by atoms with Gasteiger partial charge < -0.3 is 5.32 Å². The third-order valence-electron chi connectivity index (χ3n) is 3.83. The first kappa shape index (κ1) is 16.1. The van der Waals surface area contributed by atoms with Gasteiger partial charge in [-0.05, 0) is 49.9 Å². The Hall–Kier alpha value is -0.290. The Morgan fingerprint density at radius 3 is 2.70 bits per heavy atom. The van der Waals surface area contributed by atoms with Gasteiger partial charge in [0.25, 0.3) is 0 Å². The summed E-state index contributed by atoms with van der Waals surface area (Å²) in [5, 5.41) is 4.55. The van der Waals surface area contributed by atoms with E-state index in [4.69, 9.17) is 23.2 Å². The minimum atomic E-state index is -2.81. The molecule has 0 bridgehead atoms. The number of hydrogen-bond acceptors (Lipinski definition) is 3. The van der Waals surface area contributed by atoms with E-state index in [1.807, 2.05) is 19.2 Å². The molecule has 1 aliphatic rings. The Balaban J connectivity index is 1.99. The minimum absolute atomic E-state index is 0.229. The van der Waals surface area contributed by atoms with Crippen molar-refractivity contribution in [2.75, 3.05) is 18.6 Å². The molecule has 0 amide bonds.